The number of nitrogens with zero attached hydrogens (tertiary/aromatic N) is 6. The van der Waals surface area contributed by atoms with Crippen molar-refractivity contribution in [3.63, 3.8) is 0 Å². The second kappa shape index (κ2) is 15.1. The van der Waals surface area contributed by atoms with Gasteiger partial charge in [-0.3, -0.25) is 9.69 Å². The molecule has 5 rings (SSSR count). The second-order valence-corrected chi connectivity index (χ2v) is 14.0. The standard InChI is InChI=1S/C35H35F3N6O5S2/c1-21(2)27-16-7-22(3)17-28(27)44-29(45)19-51-31(44)40-32(50)49-43(33(46)48-34(4,5)6)18-23-8-10-24(11-9-23)30-39-20-42(41-30)25-12-14-26(15-13-25)47-35(36,37)38/h7-17,20-21H,18-19H2,1-6H3/b40-31-. The lowest BCUT2D eigenvalue weighted by Crippen LogP contribution is -2.38. The fraction of sp³-hybridized carbons (Fsp3) is 0.314. The number of hydrogen-bond donors (Lipinski definition) is 0. The van der Waals surface area contributed by atoms with Crippen LogP contribution in [0.3, 0.4) is 0 Å². The van der Waals surface area contributed by atoms with Crippen LogP contribution in [0, 0.1) is 6.92 Å². The van der Waals surface area contributed by atoms with Crippen molar-refractivity contribution in [2.24, 2.45) is 4.99 Å². The number of carbonyl (C=O) groups excluding carboxylic acids is 2. The van der Waals surface area contributed by atoms with Crippen LogP contribution in [0.15, 0.2) is 78.0 Å². The van der Waals surface area contributed by atoms with E-state index in [-0.39, 0.29) is 35.0 Å². The van der Waals surface area contributed by atoms with Crippen molar-refractivity contribution in [2.75, 3.05) is 10.7 Å². The zero-order valence-electron chi connectivity index (χ0n) is 28.6. The predicted octanol–water partition coefficient (Wildman–Crippen LogP) is 8.35. The summed E-state index contributed by atoms with van der Waals surface area (Å²) in [5.74, 6) is 0.178. The number of benzene rings is 3. The van der Waals surface area contributed by atoms with Gasteiger partial charge < -0.3 is 14.3 Å². The molecule has 2 amide bonds. The second-order valence-electron chi connectivity index (χ2n) is 12.8. The summed E-state index contributed by atoms with van der Waals surface area (Å²) in [5, 5.41) is 5.44. The number of thioether (sulfide) groups is 1. The number of thiocarbonyl (C=S) groups is 1. The van der Waals surface area contributed by atoms with Crippen molar-refractivity contribution in [3.05, 3.63) is 89.7 Å². The van der Waals surface area contributed by atoms with Gasteiger partial charge in [0.15, 0.2) is 11.0 Å². The lowest BCUT2D eigenvalue weighted by Gasteiger charge is -2.26. The third-order valence-electron chi connectivity index (χ3n) is 7.15. The Labute approximate surface area is 302 Å². The minimum Gasteiger partial charge on any atom is -0.442 e. The molecule has 0 spiro atoms. The molecule has 3 aromatic carbocycles. The maximum Gasteiger partial charge on any atom is 0.573 e. The van der Waals surface area contributed by atoms with Crippen molar-refractivity contribution in [1.29, 1.82) is 0 Å². The number of amides is 2. The molecule has 0 saturated carbocycles. The van der Waals surface area contributed by atoms with Crippen molar-refractivity contribution < 1.29 is 37.1 Å². The van der Waals surface area contributed by atoms with Crippen molar-refractivity contribution in [1.82, 2.24) is 19.8 Å². The van der Waals surface area contributed by atoms with E-state index in [1.54, 1.807) is 45.0 Å². The minimum absolute atomic E-state index is 0.0699. The van der Waals surface area contributed by atoms with Crippen molar-refractivity contribution in [2.45, 2.75) is 66.0 Å². The molecule has 1 saturated heterocycles. The van der Waals surface area contributed by atoms with Gasteiger partial charge in [-0.1, -0.05) is 62.0 Å². The zero-order chi connectivity index (χ0) is 37.1. The maximum absolute atomic E-state index is 13.3. The first-order valence-electron chi connectivity index (χ1n) is 15.7. The molecular weight excluding hydrogens is 706 g/mol. The van der Waals surface area contributed by atoms with Gasteiger partial charge in [-0.05, 0) is 92.9 Å². The fourth-order valence-electron chi connectivity index (χ4n) is 4.90. The first-order valence-corrected chi connectivity index (χ1v) is 17.1. The molecule has 0 radical (unpaired) electrons. The first-order chi connectivity index (χ1) is 24.0. The number of anilines is 1. The number of aryl methyl sites for hydroxylation is 1. The number of amidine groups is 1. The highest BCUT2D eigenvalue weighted by molar-refractivity contribution is 8.15. The van der Waals surface area contributed by atoms with Crippen molar-refractivity contribution in [3.8, 4) is 22.8 Å². The summed E-state index contributed by atoms with van der Waals surface area (Å²) in [6.45, 7) is 11.1. The van der Waals surface area contributed by atoms with E-state index in [1.807, 2.05) is 39.0 Å². The summed E-state index contributed by atoms with van der Waals surface area (Å²) >= 11 is 6.69. The predicted molar refractivity (Wildman–Crippen MR) is 192 cm³/mol. The molecule has 4 aromatic rings. The van der Waals surface area contributed by atoms with Gasteiger partial charge in [-0.25, -0.2) is 14.5 Å². The van der Waals surface area contributed by atoms with Crippen LogP contribution in [0.1, 0.15) is 57.2 Å². The van der Waals surface area contributed by atoms with E-state index in [0.29, 0.717) is 27.8 Å². The number of hydroxylamine groups is 2. The molecule has 11 nitrogen and oxygen atoms in total. The Morgan fingerprint density at radius 1 is 1.06 bits per heavy atom. The molecule has 0 atom stereocenters. The molecule has 0 aliphatic carbocycles. The van der Waals surface area contributed by atoms with Crippen molar-refractivity contribution >= 4 is 52.0 Å². The summed E-state index contributed by atoms with van der Waals surface area (Å²) in [6.07, 6.45) is -4.15. The molecular formula is C35H35F3N6O5S2. The third-order valence-corrected chi connectivity index (χ3v) is 8.24. The van der Waals surface area contributed by atoms with Crippen LogP contribution in [-0.4, -0.2) is 59.9 Å². The number of hydrogen-bond acceptors (Lipinski definition) is 9. The molecule has 51 heavy (non-hydrogen) atoms. The summed E-state index contributed by atoms with van der Waals surface area (Å²) in [6, 6.07) is 18.1. The lowest BCUT2D eigenvalue weighted by molar-refractivity contribution is -0.274. The third kappa shape index (κ3) is 9.85. The van der Waals surface area contributed by atoms with Gasteiger partial charge in [0.25, 0.3) is 0 Å². The molecule has 1 aliphatic rings. The Morgan fingerprint density at radius 2 is 1.75 bits per heavy atom. The van der Waals surface area contributed by atoms with Gasteiger partial charge in [0.05, 0.1) is 23.7 Å². The molecule has 1 aromatic heterocycles. The topological polar surface area (TPSA) is 111 Å². The van der Waals surface area contributed by atoms with E-state index in [1.165, 1.54) is 51.9 Å². The summed E-state index contributed by atoms with van der Waals surface area (Å²) < 4.78 is 48.4. The van der Waals surface area contributed by atoms with Crippen LogP contribution >= 0.6 is 24.0 Å². The Bertz CT molecular complexity index is 1940. The molecule has 1 fully saturated rings. The van der Waals surface area contributed by atoms with Gasteiger partial charge in [0.1, 0.15) is 17.7 Å². The highest BCUT2D eigenvalue weighted by Gasteiger charge is 2.33. The monoisotopic (exact) mass is 740 g/mol. The van der Waals surface area contributed by atoms with Crippen LogP contribution in [0.25, 0.3) is 17.1 Å². The van der Waals surface area contributed by atoms with E-state index < -0.39 is 18.1 Å². The number of rotatable bonds is 7. The fourth-order valence-corrected chi connectivity index (χ4v) is 5.99. The highest BCUT2D eigenvalue weighted by Crippen LogP contribution is 2.34. The lowest BCUT2D eigenvalue weighted by atomic mass is 9.99. The van der Waals surface area contributed by atoms with Crippen LogP contribution in [0.4, 0.5) is 23.7 Å². The van der Waals surface area contributed by atoms with Gasteiger partial charge >= 0.3 is 17.6 Å². The van der Waals surface area contributed by atoms with Crippen LogP contribution in [0.2, 0.25) is 0 Å². The number of carbonyl (C=O) groups is 2. The average Bonchev–Trinajstić information content (AvgIpc) is 3.66. The summed E-state index contributed by atoms with van der Waals surface area (Å²) in [4.78, 5) is 42.4. The van der Waals surface area contributed by atoms with E-state index in [0.717, 1.165) is 21.9 Å². The largest absolute Gasteiger partial charge is 0.573 e. The molecule has 0 bridgehead atoms. The van der Waals surface area contributed by atoms with Crippen LogP contribution < -0.4 is 9.64 Å². The summed E-state index contributed by atoms with van der Waals surface area (Å²) in [7, 11) is 0. The van der Waals surface area contributed by atoms with Crippen LogP contribution in [-0.2, 0) is 20.9 Å². The molecule has 0 unspecified atom stereocenters. The van der Waals surface area contributed by atoms with E-state index >= 15 is 0 Å². The molecule has 1 aliphatic heterocycles. The maximum atomic E-state index is 13.3. The molecule has 16 heteroatoms. The summed E-state index contributed by atoms with van der Waals surface area (Å²) in [5.41, 5.74) is 3.61. The van der Waals surface area contributed by atoms with Gasteiger partial charge in [-0.2, -0.15) is 4.99 Å². The number of ether oxygens (including phenoxy) is 2. The smallest absolute Gasteiger partial charge is 0.442 e. The molecule has 268 valence electrons. The van der Waals surface area contributed by atoms with Gasteiger partial charge in [0.2, 0.25) is 5.91 Å². The number of aromatic nitrogens is 3. The zero-order valence-corrected chi connectivity index (χ0v) is 30.2. The highest BCUT2D eigenvalue weighted by atomic mass is 32.2. The number of alkyl halides is 3. The van der Waals surface area contributed by atoms with E-state index in [2.05, 4.69) is 19.8 Å². The average molecular weight is 741 g/mol. The number of aliphatic imine (C=N–C) groups is 1. The molecule has 2 heterocycles. The number of halogens is 3. The van der Waals surface area contributed by atoms with Gasteiger partial charge in [0, 0.05) is 5.56 Å². The first kappa shape index (κ1) is 37.3. The van der Waals surface area contributed by atoms with E-state index in [9.17, 15) is 22.8 Å². The van der Waals surface area contributed by atoms with E-state index in [4.69, 9.17) is 21.8 Å². The van der Waals surface area contributed by atoms with Crippen LogP contribution in [0.5, 0.6) is 5.75 Å². The normalized spacial score (nSPS) is 14.3. The molecule has 0 N–H and O–H groups in total. The Balaban J connectivity index is 1.32. The Hall–Kier alpha value is -4.96. The quantitative estimate of drug-likeness (QED) is 0.136. The Kier molecular flexibility index (Phi) is 11.0. The Morgan fingerprint density at radius 3 is 2.37 bits per heavy atom. The SMILES string of the molecule is Cc1ccc(C(C)C)c(N2C(=O)CS/C2=N\C(=S)ON(Cc2ccc(-c3ncn(-c4ccc(OC(F)(F)F)cc4)n3)cc2)C(=O)OC(C)(C)C)c1. The van der Waals surface area contributed by atoms with Gasteiger partial charge in [-0.15, -0.1) is 23.3 Å². The minimum atomic E-state index is -4.79.